The molecule has 8 nitrogen and oxygen atoms in total. The second kappa shape index (κ2) is 11.6. The number of Topliss-reactive ketones (excluding diaryl/α,β-unsaturated/α-hetero) is 3. The Labute approximate surface area is 282 Å². The third-order valence-corrected chi connectivity index (χ3v) is 12.1. The largest absolute Gasteiger partial charge is 0.511 e. The van der Waals surface area contributed by atoms with Crippen molar-refractivity contribution >= 4 is 17.3 Å². The number of aliphatic hydroxyl groups excluding tert-OH is 2. The molecule has 1 saturated carbocycles. The number of hydrogen-bond donors (Lipinski definition) is 4. The summed E-state index contributed by atoms with van der Waals surface area (Å²) in [5.74, 6) is -3.09. The van der Waals surface area contributed by atoms with E-state index in [1.54, 1.807) is 14.0 Å². The molecule has 4 aliphatic carbocycles. The topological polar surface area (TPSA) is 141 Å². The molecule has 4 aliphatic rings. The van der Waals surface area contributed by atoms with Gasteiger partial charge in [0, 0.05) is 22.3 Å². The second-order valence-electron chi connectivity index (χ2n) is 15.8. The van der Waals surface area contributed by atoms with Crippen molar-refractivity contribution in [1.82, 2.24) is 0 Å². The highest BCUT2D eigenvalue weighted by atomic mass is 16.5. The zero-order valence-corrected chi connectivity index (χ0v) is 29.1. The number of ketones is 3. The highest BCUT2D eigenvalue weighted by Gasteiger charge is 2.71. The number of methoxy groups -OCH3 is 1. The Bertz CT molecular complexity index is 1790. The minimum absolute atomic E-state index is 0.0196. The van der Waals surface area contributed by atoms with Crippen molar-refractivity contribution in [1.29, 1.82) is 0 Å². The van der Waals surface area contributed by atoms with Crippen molar-refractivity contribution in [3.05, 3.63) is 69.7 Å². The van der Waals surface area contributed by atoms with Gasteiger partial charge in [-0.1, -0.05) is 59.6 Å². The van der Waals surface area contributed by atoms with Crippen LogP contribution in [0.2, 0.25) is 0 Å². The lowest BCUT2D eigenvalue weighted by molar-refractivity contribution is -0.171. The smallest absolute Gasteiger partial charge is 0.209 e. The molecule has 1 unspecified atom stereocenters. The van der Waals surface area contributed by atoms with Crippen LogP contribution in [-0.4, -0.2) is 50.5 Å². The predicted molar refractivity (Wildman–Crippen MR) is 182 cm³/mol. The number of benzene rings is 2. The van der Waals surface area contributed by atoms with E-state index >= 15 is 0 Å². The van der Waals surface area contributed by atoms with Gasteiger partial charge in [0.05, 0.1) is 12.7 Å². The van der Waals surface area contributed by atoms with E-state index in [1.807, 2.05) is 39.0 Å². The van der Waals surface area contributed by atoms with Gasteiger partial charge in [-0.2, -0.15) is 0 Å². The molecule has 6 rings (SSSR count). The van der Waals surface area contributed by atoms with Crippen LogP contribution in [0, 0.1) is 34.5 Å². The lowest BCUT2D eigenvalue weighted by Crippen LogP contribution is -2.67. The Balaban J connectivity index is 1.51. The van der Waals surface area contributed by atoms with Gasteiger partial charge in [-0.15, -0.1) is 0 Å². The van der Waals surface area contributed by atoms with Crippen LogP contribution in [0.4, 0.5) is 0 Å². The van der Waals surface area contributed by atoms with Crippen molar-refractivity contribution in [3.63, 3.8) is 0 Å². The van der Waals surface area contributed by atoms with Crippen molar-refractivity contribution in [3.8, 4) is 22.6 Å². The maximum atomic E-state index is 14.5. The lowest BCUT2D eigenvalue weighted by Gasteiger charge is -2.59. The first-order valence-electron chi connectivity index (χ1n) is 17.2. The number of allylic oxidation sites excluding steroid dienone is 2. The van der Waals surface area contributed by atoms with Crippen LogP contribution < -0.4 is 4.74 Å². The van der Waals surface area contributed by atoms with Crippen LogP contribution in [0.15, 0.2) is 53.0 Å². The fourth-order valence-corrected chi connectivity index (χ4v) is 9.95. The molecule has 0 heterocycles. The van der Waals surface area contributed by atoms with Gasteiger partial charge in [0.25, 0.3) is 0 Å². The first-order chi connectivity index (χ1) is 22.5. The van der Waals surface area contributed by atoms with E-state index in [2.05, 4.69) is 13.0 Å². The van der Waals surface area contributed by atoms with Gasteiger partial charge in [0.15, 0.2) is 17.2 Å². The summed E-state index contributed by atoms with van der Waals surface area (Å²) in [5, 5.41) is 46.8. The Morgan fingerprint density at radius 1 is 1.02 bits per heavy atom. The number of ether oxygens (including phenoxy) is 1. The van der Waals surface area contributed by atoms with Crippen molar-refractivity contribution in [2.45, 2.75) is 92.1 Å². The Hall–Kier alpha value is -3.91. The van der Waals surface area contributed by atoms with E-state index in [1.165, 1.54) is 18.9 Å². The third-order valence-electron chi connectivity index (χ3n) is 12.1. The quantitative estimate of drug-likeness (QED) is 0.236. The Kier molecular flexibility index (Phi) is 8.22. The number of rotatable bonds is 6. The average Bonchev–Trinajstić information content (AvgIpc) is 3.00. The van der Waals surface area contributed by atoms with E-state index in [9.17, 15) is 34.8 Å². The monoisotopic (exact) mass is 656 g/mol. The van der Waals surface area contributed by atoms with E-state index in [4.69, 9.17) is 4.74 Å². The summed E-state index contributed by atoms with van der Waals surface area (Å²) in [6, 6.07) is 9.29. The van der Waals surface area contributed by atoms with Crippen LogP contribution >= 0.6 is 0 Å². The zero-order chi connectivity index (χ0) is 35.1. The molecule has 4 atom stereocenters. The van der Waals surface area contributed by atoms with Crippen molar-refractivity contribution < 1.29 is 39.5 Å². The molecule has 8 heteroatoms. The van der Waals surface area contributed by atoms with Crippen molar-refractivity contribution in [2.24, 2.45) is 34.5 Å². The maximum Gasteiger partial charge on any atom is 0.209 e. The molecule has 0 spiro atoms. The summed E-state index contributed by atoms with van der Waals surface area (Å²) in [5.41, 5.74) is -2.54. The summed E-state index contributed by atoms with van der Waals surface area (Å²) in [6.07, 6.45) is 5.89. The molecule has 0 aliphatic heterocycles. The number of aliphatic hydroxyl groups is 3. The van der Waals surface area contributed by atoms with Crippen LogP contribution in [0.1, 0.15) is 95.1 Å². The highest BCUT2D eigenvalue weighted by molar-refractivity contribution is 6.25. The normalized spacial score (nSPS) is 31.8. The number of hydrogen-bond acceptors (Lipinski definition) is 8. The minimum Gasteiger partial charge on any atom is -0.511 e. The maximum absolute atomic E-state index is 14.5. The molecule has 0 bridgehead atoms. The third kappa shape index (κ3) is 4.77. The van der Waals surface area contributed by atoms with Gasteiger partial charge >= 0.3 is 0 Å². The highest BCUT2D eigenvalue weighted by Crippen LogP contribution is 2.65. The van der Waals surface area contributed by atoms with E-state index in [-0.39, 0.29) is 35.6 Å². The molecule has 256 valence electrons. The van der Waals surface area contributed by atoms with Crippen LogP contribution in [-0.2, 0) is 22.4 Å². The number of aromatic hydroxyl groups is 1. The van der Waals surface area contributed by atoms with Gasteiger partial charge in [-0.3, -0.25) is 14.4 Å². The number of phenols is 1. The van der Waals surface area contributed by atoms with Crippen LogP contribution in [0.5, 0.6) is 11.5 Å². The van der Waals surface area contributed by atoms with Gasteiger partial charge in [-0.05, 0) is 97.2 Å². The fourth-order valence-electron chi connectivity index (χ4n) is 9.95. The molecule has 2 aromatic carbocycles. The zero-order valence-electron chi connectivity index (χ0n) is 29.1. The number of phenolic OH excluding ortho intramolecular Hbond substituents is 1. The molecule has 0 amide bonds. The molecule has 1 fully saturated rings. The molecule has 2 aromatic rings. The fraction of sp³-hybridized carbons (Fsp3) is 0.525. The summed E-state index contributed by atoms with van der Waals surface area (Å²) in [7, 11) is 1.67. The molecule has 48 heavy (non-hydrogen) atoms. The van der Waals surface area contributed by atoms with E-state index in [0.717, 1.165) is 54.5 Å². The molecule has 4 N–H and O–H groups in total. The van der Waals surface area contributed by atoms with E-state index in [0.29, 0.717) is 11.5 Å². The summed E-state index contributed by atoms with van der Waals surface area (Å²) in [6.45, 7) is 10.6. The lowest BCUT2D eigenvalue weighted by atomic mass is 9.44. The van der Waals surface area contributed by atoms with Gasteiger partial charge < -0.3 is 25.2 Å². The molecular formula is C40H48O8. The SMILES string of the molecule is COc1ccc(-c2ccc(O)c3c2C[C@]2(C)C[C@]4(C)C(C(C)C)C(O)=C(C(C)=O)C(=O)[C@]4(O)C(O)=C2C3=O)cc1CC1CCC(C)CC1. The van der Waals surface area contributed by atoms with Gasteiger partial charge in [0.2, 0.25) is 5.78 Å². The summed E-state index contributed by atoms with van der Waals surface area (Å²) < 4.78 is 5.76. The van der Waals surface area contributed by atoms with Crippen molar-refractivity contribution in [2.75, 3.05) is 7.11 Å². The number of fused-ring (bicyclic) bond motifs is 3. The van der Waals surface area contributed by atoms with Crippen LogP contribution in [0.3, 0.4) is 0 Å². The second-order valence-corrected chi connectivity index (χ2v) is 15.8. The molecular weight excluding hydrogens is 608 g/mol. The van der Waals surface area contributed by atoms with E-state index < -0.39 is 56.8 Å². The molecule has 0 aromatic heterocycles. The standard InChI is InChI=1S/C40H48O8/c1-20(2)32-34(43)30(22(4)41)36(45)40(47)37(46)33-35(44)31-27(18-38(33,5)19-39(32,40)6)26(13-14-28(31)42)24-12-15-29(48-7)25(17-24)16-23-10-8-21(3)9-11-23/h12-15,17,20-21,23,32,42-43,46-47H,8-11,16,18-19H2,1-7H3/t21?,23?,32?,38-,39-,40+/m1/s1. The molecule has 0 saturated heterocycles. The summed E-state index contributed by atoms with van der Waals surface area (Å²) >= 11 is 0. The first kappa shape index (κ1) is 34.0. The summed E-state index contributed by atoms with van der Waals surface area (Å²) in [4.78, 5) is 41.1. The van der Waals surface area contributed by atoms with Gasteiger partial charge in [-0.25, -0.2) is 0 Å². The Morgan fingerprint density at radius 2 is 1.69 bits per heavy atom. The average molecular weight is 657 g/mol. The molecule has 0 radical (unpaired) electrons. The predicted octanol–water partition coefficient (Wildman–Crippen LogP) is 7.39. The number of carbonyl (C=O) groups excluding carboxylic acids is 3. The number of carbonyl (C=O) groups is 3. The van der Waals surface area contributed by atoms with Crippen LogP contribution in [0.25, 0.3) is 11.1 Å². The van der Waals surface area contributed by atoms with Gasteiger partial charge in [0.1, 0.15) is 28.6 Å². The first-order valence-corrected chi connectivity index (χ1v) is 17.2. The minimum atomic E-state index is -2.63. The Morgan fingerprint density at radius 3 is 2.29 bits per heavy atom.